The van der Waals surface area contributed by atoms with Crippen molar-refractivity contribution in [3.8, 4) is 17.2 Å². The lowest BCUT2D eigenvalue weighted by atomic mass is 10.1. The third-order valence-corrected chi connectivity index (χ3v) is 6.72. The summed E-state index contributed by atoms with van der Waals surface area (Å²) in [5.74, 6) is 2.09. The number of methoxy groups -OCH3 is 1. The number of rotatable bonds is 6. The first-order chi connectivity index (χ1) is 16.7. The van der Waals surface area contributed by atoms with Crippen LogP contribution in [0.1, 0.15) is 16.5 Å². The zero-order valence-corrected chi connectivity index (χ0v) is 19.4. The van der Waals surface area contributed by atoms with E-state index in [1.54, 1.807) is 7.11 Å². The van der Waals surface area contributed by atoms with E-state index in [1.165, 1.54) is 11.8 Å². The predicted octanol–water partition coefficient (Wildman–Crippen LogP) is 7.31. The Bertz CT molecular complexity index is 1320. The number of amides is 1. The number of thioether (sulfide) groups is 1. The van der Waals surface area contributed by atoms with Crippen molar-refractivity contribution in [1.82, 2.24) is 0 Å². The fourth-order valence-corrected chi connectivity index (χ4v) is 5.14. The molecule has 34 heavy (non-hydrogen) atoms. The van der Waals surface area contributed by atoms with E-state index < -0.39 is 0 Å². The number of carbonyl (C=O) groups excluding carboxylic acids is 1. The van der Waals surface area contributed by atoms with Gasteiger partial charge in [-0.05, 0) is 53.6 Å². The molecule has 1 fully saturated rings. The van der Waals surface area contributed by atoms with Gasteiger partial charge in [0.05, 0.1) is 17.7 Å². The fourth-order valence-electron chi connectivity index (χ4n) is 3.89. The van der Waals surface area contributed by atoms with Crippen molar-refractivity contribution in [2.75, 3.05) is 12.0 Å². The zero-order chi connectivity index (χ0) is 23.3. The summed E-state index contributed by atoms with van der Waals surface area (Å²) in [4.78, 5) is 16.2. The van der Waals surface area contributed by atoms with Gasteiger partial charge in [0.15, 0.2) is 0 Å². The number of hydrogen-bond acceptors (Lipinski definition) is 4. The molecule has 1 atom stereocenters. The second kappa shape index (κ2) is 9.89. The predicted molar refractivity (Wildman–Crippen MR) is 138 cm³/mol. The number of anilines is 1. The van der Waals surface area contributed by atoms with Crippen LogP contribution in [0.2, 0.25) is 0 Å². The molecule has 4 aromatic rings. The van der Waals surface area contributed by atoms with Gasteiger partial charge < -0.3 is 9.47 Å². The number of nitrogens with zero attached hydrogens (tertiary/aromatic N) is 1. The second-order valence-electron chi connectivity index (χ2n) is 7.72. The minimum atomic E-state index is -0.194. The van der Waals surface area contributed by atoms with E-state index in [0.29, 0.717) is 10.7 Å². The van der Waals surface area contributed by atoms with E-state index in [1.807, 2.05) is 120 Å². The molecule has 0 bridgehead atoms. The standard InChI is InChI=1S/C29H23NO3S/c1-32-26-18-9-8-17-25(26)30-28(31)27(34-29(30)22-12-4-2-5-13-22)20-21-11-10-16-24(19-21)33-23-14-6-3-7-15-23/h2-20,29H,1H3/b27-20+. The van der Waals surface area contributed by atoms with Crippen molar-refractivity contribution in [1.29, 1.82) is 0 Å². The van der Waals surface area contributed by atoms with Crippen LogP contribution < -0.4 is 14.4 Å². The molecule has 4 nitrogen and oxygen atoms in total. The molecule has 0 saturated carbocycles. The Morgan fingerprint density at radius 2 is 1.47 bits per heavy atom. The summed E-state index contributed by atoms with van der Waals surface area (Å²) >= 11 is 1.54. The highest BCUT2D eigenvalue weighted by Crippen LogP contribution is 2.50. The van der Waals surface area contributed by atoms with Gasteiger partial charge in [-0.3, -0.25) is 9.69 Å². The Morgan fingerprint density at radius 1 is 0.794 bits per heavy atom. The van der Waals surface area contributed by atoms with E-state index in [4.69, 9.17) is 9.47 Å². The zero-order valence-electron chi connectivity index (χ0n) is 18.6. The third-order valence-electron chi connectivity index (χ3n) is 5.47. The molecule has 1 unspecified atom stereocenters. The van der Waals surface area contributed by atoms with Gasteiger partial charge in [-0.15, -0.1) is 0 Å². The number of carbonyl (C=O) groups is 1. The molecular formula is C29H23NO3S. The first kappa shape index (κ1) is 21.9. The van der Waals surface area contributed by atoms with Gasteiger partial charge in [0.2, 0.25) is 0 Å². The Morgan fingerprint density at radius 3 is 2.24 bits per heavy atom. The maximum atomic E-state index is 13.7. The van der Waals surface area contributed by atoms with Gasteiger partial charge >= 0.3 is 0 Å². The van der Waals surface area contributed by atoms with Gasteiger partial charge in [0.25, 0.3) is 5.91 Å². The van der Waals surface area contributed by atoms with Crippen LogP contribution in [-0.4, -0.2) is 13.0 Å². The third kappa shape index (κ3) is 4.56. The van der Waals surface area contributed by atoms with E-state index >= 15 is 0 Å². The average Bonchev–Trinajstić information content (AvgIpc) is 3.21. The topological polar surface area (TPSA) is 38.8 Å². The van der Waals surface area contributed by atoms with Crippen LogP contribution in [0.4, 0.5) is 5.69 Å². The Balaban J connectivity index is 1.50. The number of hydrogen-bond donors (Lipinski definition) is 0. The molecule has 1 heterocycles. The molecule has 0 N–H and O–H groups in total. The SMILES string of the molecule is COc1ccccc1N1C(=O)/C(=C\c2cccc(Oc3ccccc3)c2)SC1c1ccccc1. The fraction of sp³-hybridized carbons (Fsp3) is 0.0690. The Hall–Kier alpha value is -3.96. The van der Waals surface area contributed by atoms with Gasteiger partial charge in [0.1, 0.15) is 22.6 Å². The summed E-state index contributed by atoms with van der Waals surface area (Å²) in [7, 11) is 1.62. The molecule has 0 aromatic heterocycles. The van der Waals surface area contributed by atoms with Crippen LogP contribution in [0.15, 0.2) is 114 Å². The highest BCUT2D eigenvalue weighted by atomic mass is 32.2. The average molecular weight is 466 g/mol. The first-order valence-corrected chi connectivity index (χ1v) is 11.8. The maximum Gasteiger partial charge on any atom is 0.266 e. The van der Waals surface area contributed by atoms with Crippen molar-refractivity contribution >= 4 is 29.4 Å². The summed E-state index contributed by atoms with van der Waals surface area (Å²) < 4.78 is 11.6. The lowest BCUT2D eigenvalue weighted by Gasteiger charge is -2.25. The molecule has 1 amide bonds. The lowest BCUT2D eigenvalue weighted by Crippen LogP contribution is -2.27. The normalized spacial score (nSPS) is 16.6. The highest BCUT2D eigenvalue weighted by Gasteiger charge is 2.39. The summed E-state index contributed by atoms with van der Waals surface area (Å²) in [6.07, 6.45) is 1.93. The minimum Gasteiger partial charge on any atom is -0.495 e. The largest absolute Gasteiger partial charge is 0.495 e. The van der Waals surface area contributed by atoms with Crippen molar-refractivity contribution in [3.63, 3.8) is 0 Å². The smallest absolute Gasteiger partial charge is 0.266 e. The molecule has 0 spiro atoms. The van der Waals surface area contributed by atoms with Crippen LogP contribution in [0.3, 0.4) is 0 Å². The maximum absolute atomic E-state index is 13.7. The van der Waals surface area contributed by atoms with Crippen molar-refractivity contribution in [3.05, 3.63) is 125 Å². The molecular weight excluding hydrogens is 442 g/mol. The van der Waals surface area contributed by atoms with Crippen LogP contribution in [0.25, 0.3) is 6.08 Å². The van der Waals surface area contributed by atoms with Crippen LogP contribution in [-0.2, 0) is 4.79 Å². The number of benzene rings is 4. The minimum absolute atomic E-state index is 0.0577. The second-order valence-corrected chi connectivity index (χ2v) is 8.85. The monoisotopic (exact) mass is 465 g/mol. The van der Waals surface area contributed by atoms with Crippen molar-refractivity contribution in [2.24, 2.45) is 0 Å². The molecule has 0 radical (unpaired) electrons. The Kier molecular flexibility index (Phi) is 6.36. The van der Waals surface area contributed by atoms with Crippen LogP contribution >= 0.6 is 11.8 Å². The molecule has 4 aromatic carbocycles. The van der Waals surface area contributed by atoms with Crippen molar-refractivity contribution in [2.45, 2.75) is 5.37 Å². The van der Waals surface area contributed by atoms with E-state index in [-0.39, 0.29) is 11.3 Å². The number of para-hydroxylation sites is 3. The summed E-state index contributed by atoms with van der Waals surface area (Å²) in [5, 5.41) is -0.194. The van der Waals surface area contributed by atoms with Gasteiger partial charge in [-0.1, -0.05) is 84.6 Å². The quantitative estimate of drug-likeness (QED) is 0.280. The van der Waals surface area contributed by atoms with E-state index in [9.17, 15) is 4.79 Å². The molecule has 5 rings (SSSR count). The molecule has 1 saturated heterocycles. The van der Waals surface area contributed by atoms with Crippen molar-refractivity contribution < 1.29 is 14.3 Å². The van der Waals surface area contributed by atoms with Gasteiger partial charge in [-0.25, -0.2) is 0 Å². The van der Waals surface area contributed by atoms with Gasteiger partial charge in [-0.2, -0.15) is 0 Å². The first-order valence-electron chi connectivity index (χ1n) is 11.0. The summed E-state index contributed by atoms with van der Waals surface area (Å²) in [6.45, 7) is 0. The van der Waals surface area contributed by atoms with E-state index in [0.717, 1.165) is 28.3 Å². The molecule has 0 aliphatic carbocycles. The number of ether oxygens (including phenoxy) is 2. The summed E-state index contributed by atoms with van der Waals surface area (Å²) in [6, 6.07) is 35.1. The lowest BCUT2D eigenvalue weighted by molar-refractivity contribution is -0.114. The molecule has 5 heteroatoms. The molecule has 168 valence electrons. The summed E-state index contributed by atoms with van der Waals surface area (Å²) in [5.41, 5.74) is 2.70. The van der Waals surface area contributed by atoms with Crippen LogP contribution in [0.5, 0.6) is 17.2 Å². The van der Waals surface area contributed by atoms with Crippen LogP contribution in [0, 0.1) is 0 Å². The van der Waals surface area contributed by atoms with E-state index in [2.05, 4.69) is 0 Å². The molecule has 1 aliphatic rings. The highest BCUT2D eigenvalue weighted by molar-refractivity contribution is 8.05. The molecule has 1 aliphatic heterocycles. The Labute approximate surface area is 203 Å². The van der Waals surface area contributed by atoms with Gasteiger partial charge in [0, 0.05) is 0 Å².